The SMILES string of the molecule is CC12C=CC=CC1Oc1ccc(I)cc12. The van der Waals surface area contributed by atoms with E-state index in [1.165, 1.54) is 9.13 Å². The van der Waals surface area contributed by atoms with Crippen LogP contribution in [0.4, 0.5) is 0 Å². The third-order valence-electron chi connectivity index (χ3n) is 3.21. The third-order valence-corrected chi connectivity index (χ3v) is 3.88. The fraction of sp³-hybridized carbons (Fsp3) is 0.231. The van der Waals surface area contributed by atoms with Gasteiger partial charge in [-0.1, -0.05) is 18.2 Å². The van der Waals surface area contributed by atoms with Gasteiger partial charge in [-0.05, 0) is 53.8 Å². The number of halogens is 1. The summed E-state index contributed by atoms with van der Waals surface area (Å²) >= 11 is 2.35. The van der Waals surface area contributed by atoms with E-state index in [9.17, 15) is 0 Å². The first-order valence-corrected chi connectivity index (χ1v) is 6.11. The molecule has 1 aliphatic heterocycles. The van der Waals surface area contributed by atoms with Crippen LogP contribution in [0, 0.1) is 3.57 Å². The highest BCUT2D eigenvalue weighted by molar-refractivity contribution is 14.1. The Kier molecular flexibility index (Phi) is 1.96. The molecule has 2 unspecified atom stereocenters. The van der Waals surface area contributed by atoms with Gasteiger partial charge in [0.05, 0.1) is 5.41 Å². The highest BCUT2D eigenvalue weighted by Crippen LogP contribution is 2.46. The Hall–Kier alpha value is -0.770. The number of benzene rings is 1. The highest BCUT2D eigenvalue weighted by atomic mass is 127. The number of hydrogen-bond donors (Lipinski definition) is 0. The van der Waals surface area contributed by atoms with Crippen LogP contribution in [0.15, 0.2) is 42.5 Å². The lowest BCUT2D eigenvalue weighted by molar-refractivity contribution is 0.228. The zero-order valence-electron chi connectivity index (χ0n) is 8.41. The van der Waals surface area contributed by atoms with Crippen LogP contribution in [0.1, 0.15) is 12.5 Å². The summed E-state index contributed by atoms with van der Waals surface area (Å²) in [6.45, 7) is 2.24. The average Bonchev–Trinajstić information content (AvgIpc) is 2.51. The second-order valence-corrected chi connectivity index (χ2v) is 5.45. The maximum Gasteiger partial charge on any atom is 0.130 e. The predicted molar refractivity (Wildman–Crippen MR) is 69.2 cm³/mol. The number of hydrogen-bond acceptors (Lipinski definition) is 1. The molecule has 0 bridgehead atoms. The molecule has 0 N–H and O–H groups in total. The van der Waals surface area contributed by atoms with Gasteiger partial charge in [-0.25, -0.2) is 0 Å². The summed E-state index contributed by atoms with van der Waals surface area (Å²) in [5.41, 5.74) is 1.32. The zero-order valence-corrected chi connectivity index (χ0v) is 10.6. The van der Waals surface area contributed by atoms with Crippen LogP contribution in [-0.2, 0) is 5.41 Å². The summed E-state index contributed by atoms with van der Waals surface area (Å²) in [5.74, 6) is 1.03. The van der Waals surface area contributed by atoms with Crippen molar-refractivity contribution in [2.75, 3.05) is 0 Å². The molecule has 0 saturated heterocycles. The van der Waals surface area contributed by atoms with E-state index in [2.05, 4.69) is 72.0 Å². The predicted octanol–water partition coefficient (Wildman–Crippen LogP) is 3.44. The van der Waals surface area contributed by atoms with Crippen LogP contribution in [0.3, 0.4) is 0 Å². The molecule has 1 heterocycles. The second-order valence-electron chi connectivity index (χ2n) is 4.21. The van der Waals surface area contributed by atoms with Crippen molar-refractivity contribution in [3.05, 3.63) is 51.6 Å². The molecule has 1 nitrogen and oxygen atoms in total. The van der Waals surface area contributed by atoms with Gasteiger partial charge in [0.1, 0.15) is 11.9 Å². The van der Waals surface area contributed by atoms with Crippen LogP contribution >= 0.6 is 22.6 Å². The second kappa shape index (κ2) is 3.11. The van der Waals surface area contributed by atoms with Gasteiger partial charge < -0.3 is 4.74 Å². The van der Waals surface area contributed by atoms with Crippen LogP contribution in [-0.4, -0.2) is 6.10 Å². The zero-order chi connectivity index (χ0) is 10.5. The number of rotatable bonds is 0. The van der Waals surface area contributed by atoms with Gasteiger partial charge in [-0.2, -0.15) is 0 Å². The fourth-order valence-corrected chi connectivity index (χ4v) is 2.77. The summed E-state index contributed by atoms with van der Waals surface area (Å²) < 4.78 is 7.19. The minimum atomic E-state index is 0.0191. The first-order chi connectivity index (χ1) is 7.20. The molecular formula is C13H11IO. The summed E-state index contributed by atoms with van der Waals surface area (Å²) in [6.07, 6.45) is 8.69. The van der Waals surface area contributed by atoms with Crippen molar-refractivity contribution in [3.63, 3.8) is 0 Å². The molecule has 2 aliphatic rings. The summed E-state index contributed by atoms with van der Waals surface area (Å²) in [5, 5.41) is 0. The standard InChI is InChI=1S/C13H11IO/c1-13-7-3-2-4-12(13)15-11-6-5-9(14)8-10(11)13/h2-8,12H,1H3. The Labute approximate surface area is 103 Å². The van der Waals surface area contributed by atoms with Gasteiger partial charge in [0, 0.05) is 9.13 Å². The van der Waals surface area contributed by atoms with E-state index in [-0.39, 0.29) is 11.5 Å². The molecule has 2 atom stereocenters. The monoisotopic (exact) mass is 310 g/mol. The lowest BCUT2D eigenvalue weighted by Crippen LogP contribution is -2.32. The van der Waals surface area contributed by atoms with E-state index in [1.807, 2.05) is 0 Å². The summed E-state index contributed by atoms with van der Waals surface area (Å²) in [6, 6.07) is 6.38. The van der Waals surface area contributed by atoms with E-state index >= 15 is 0 Å². The quantitative estimate of drug-likeness (QED) is 0.667. The molecule has 0 saturated carbocycles. The maximum absolute atomic E-state index is 5.93. The van der Waals surface area contributed by atoms with Crippen LogP contribution in [0.2, 0.25) is 0 Å². The molecule has 0 spiro atoms. The largest absolute Gasteiger partial charge is 0.485 e. The number of allylic oxidation sites excluding steroid dienone is 2. The molecule has 3 rings (SSSR count). The first kappa shape index (κ1) is 9.46. The molecule has 0 aromatic heterocycles. The first-order valence-electron chi connectivity index (χ1n) is 5.03. The van der Waals surface area contributed by atoms with Crippen LogP contribution in [0.25, 0.3) is 0 Å². The van der Waals surface area contributed by atoms with Crippen LogP contribution < -0.4 is 4.74 Å². The van der Waals surface area contributed by atoms with E-state index < -0.39 is 0 Å². The molecule has 2 heteroatoms. The number of fused-ring (bicyclic) bond motifs is 3. The Balaban J connectivity index is 2.21. The molecule has 0 amide bonds. The van der Waals surface area contributed by atoms with Gasteiger partial charge in [-0.3, -0.25) is 0 Å². The van der Waals surface area contributed by atoms with Crippen molar-refractivity contribution in [2.45, 2.75) is 18.4 Å². The maximum atomic E-state index is 5.93. The van der Waals surface area contributed by atoms with Gasteiger partial charge in [0.25, 0.3) is 0 Å². The van der Waals surface area contributed by atoms with E-state index in [0.717, 1.165) is 5.75 Å². The van der Waals surface area contributed by atoms with Crippen molar-refractivity contribution in [1.82, 2.24) is 0 Å². The van der Waals surface area contributed by atoms with Crippen molar-refractivity contribution >= 4 is 22.6 Å². The molecule has 1 aromatic rings. The van der Waals surface area contributed by atoms with Gasteiger partial charge >= 0.3 is 0 Å². The minimum absolute atomic E-state index is 0.0191. The lowest BCUT2D eigenvalue weighted by Gasteiger charge is -2.26. The van der Waals surface area contributed by atoms with E-state index in [0.29, 0.717) is 0 Å². The molecule has 0 fully saturated rings. The van der Waals surface area contributed by atoms with Crippen molar-refractivity contribution in [1.29, 1.82) is 0 Å². The van der Waals surface area contributed by atoms with Gasteiger partial charge in [-0.15, -0.1) is 0 Å². The highest BCUT2D eigenvalue weighted by Gasteiger charge is 2.42. The summed E-state index contributed by atoms with van der Waals surface area (Å²) in [4.78, 5) is 0. The molecule has 76 valence electrons. The van der Waals surface area contributed by atoms with E-state index in [1.54, 1.807) is 0 Å². The smallest absolute Gasteiger partial charge is 0.130 e. The van der Waals surface area contributed by atoms with Gasteiger partial charge in [0.2, 0.25) is 0 Å². The molecular weight excluding hydrogens is 299 g/mol. The Morgan fingerprint density at radius 2 is 2.20 bits per heavy atom. The van der Waals surface area contributed by atoms with Crippen molar-refractivity contribution in [2.24, 2.45) is 0 Å². The van der Waals surface area contributed by atoms with Crippen LogP contribution in [0.5, 0.6) is 5.75 Å². The fourth-order valence-electron chi connectivity index (χ4n) is 2.28. The molecule has 1 aliphatic carbocycles. The third kappa shape index (κ3) is 1.27. The Morgan fingerprint density at radius 1 is 1.33 bits per heavy atom. The van der Waals surface area contributed by atoms with Crippen molar-refractivity contribution < 1.29 is 4.74 Å². The lowest BCUT2D eigenvalue weighted by atomic mass is 9.77. The van der Waals surface area contributed by atoms with Crippen molar-refractivity contribution in [3.8, 4) is 5.75 Å². The summed E-state index contributed by atoms with van der Waals surface area (Å²) in [7, 11) is 0. The number of ether oxygens (including phenoxy) is 1. The Morgan fingerprint density at radius 3 is 3.07 bits per heavy atom. The van der Waals surface area contributed by atoms with E-state index in [4.69, 9.17) is 4.74 Å². The molecule has 0 radical (unpaired) electrons. The normalized spacial score (nSPS) is 30.9. The Bertz CT molecular complexity index is 475. The average molecular weight is 310 g/mol. The molecule has 15 heavy (non-hydrogen) atoms. The minimum Gasteiger partial charge on any atom is -0.485 e. The van der Waals surface area contributed by atoms with Gasteiger partial charge in [0.15, 0.2) is 0 Å². The topological polar surface area (TPSA) is 9.23 Å². The molecule has 1 aromatic carbocycles.